The van der Waals surface area contributed by atoms with Gasteiger partial charge in [0.15, 0.2) is 0 Å². The van der Waals surface area contributed by atoms with E-state index in [-0.39, 0.29) is 11.5 Å². The lowest BCUT2D eigenvalue weighted by molar-refractivity contribution is 0.0952. The van der Waals surface area contributed by atoms with E-state index in [9.17, 15) is 9.18 Å². The van der Waals surface area contributed by atoms with E-state index in [1.54, 1.807) is 12.1 Å². The minimum atomic E-state index is -0.491. The Morgan fingerprint density at radius 3 is 2.77 bits per heavy atom. The second kappa shape index (κ2) is 4.97. The largest absolute Gasteiger partial charge is 0.351 e. The Morgan fingerprint density at radius 2 is 2.15 bits per heavy atom. The van der Waals surface area contributed by atoms with Gasteiger partial charge in [0.25, 0.3) is 5.91 Å². The molecule has 13 heavy (non-hydrogen) atoms. The molecule has 2 nitrogen and oxygen atoms in total. The number of hydrogen-bond acceptors (Lipinski definition) is 1. The van der Waals surface area contributed by atoms with Crippen LogP contribution in [0.2, 0.25) is 0 Å². The van der Waals surface area contributed by atoms with Crippen molar-refractivity contribution < 1.29 is 9.18 Å². The SMILES string of the molecule is O=C(NCCBr)c1ccccc1F. The first kappa shape index (κ1) is 10.2. The van der Waals surface area contributed by atoms with Crippen LogP contribution in [0.15, 0.2) is 24.3 Å². The molecular formula is C9H9BrFNO. The Balaban J connectivity index is 2.71. The second-order valence-electron chi connectivity index (χ2n) is 2.42. The molecule has 1 rings (SSSR count). The molecule has 4 heteroatoms. The van der Waals surface area contributed by atoms with E-state index < -0.39 is 5.82 Å². The fourth-order valence-corrected chi connectivity index (χ4v) is 1.10. The lowest BCUT2D eigenvalue weighted by Gasteiger charge is -2.03. The predicted octanol–water partition coefficient (Wildman–Crippen LogP) is 1.95. The topological polar surface area (TPSA) is 29.1 Å². The van der Waals surface area contributed by atoms with Crippen molar-refractivity contribution in [3.05, 3.63) is 35.6 Å². The van der Waals surface area contributed by atoms with Gasteiger partial charge in [0, 0.05) is 11.9 Å². The van der Waals surface area contributed by atoms with Gasteiger partial charge < -0.3 is 5.32 Å². The van der Waals surface area contributed by atoms with Gasteiger partial charge >= 0.3 is 0 Å². The quantitative estimate of drug-likeness (QED) is 0.811. The average Bonchev–Trinajstić information content (AvgIpc) is 2.15. The minimum Gasteiger partial charge on any atom is -0.351 e. The van der Waals surface area contributed by atoms with Crippen molar-refractivity contribution in [2.75, 3.05) is 11.9 Å². The van der Waals surface area contributed by atoms with Gasteiger partial charge in [0.1, 0.15) is 5.82 Å². The predicted molar refractivity (Wildman–Crippen MR) is 52.5 cm³/mol. The summed E-state index contributed by atoms with van der Waals surface area (Å²) in [5.41, 5.74) is 0.0865. The summed E-state index contributed by atoms with van der Waals surface area (Å²) in [5, 5.41) is 3.22. The Morgan fingerprint density at radius 1 is 1.46 bits per heavy atom. The molecule has 70 valence electrons. The molecular weight excluding hydrogens is 237 g/mol. The highest BCUT2D eigenvalue weighted by molar-refractivity contribution is 9.09. The van der Waals surface area contributed by atoms with Crippen LogP contribution in [0.5, 0.6) is 0 Å². The molecule has 0 saturated carbocycles. The third kappa shape index (κ3) is 2.81. The molecule has 1 aromatic rings. The zero-order chi connectivity index (χ0) is 9.68. The van der Waals surface area contributed by atoms with E-state index in [2.05, 4.69) is 21.2 Å². The lowest BCUT2D eigenvalue weighted by Crippen LogP contribution is -2.25. The molecule has 0 saturated heterocycles. The van der Waals surface area contributed by atoms with Crippen LogP contribution in [0.25, 0.3) is 0 Å². The highest BCUT2D eigenvalue weighted by Crippen LogP contribution is 2.05. The van der Waals surface area contributed by atoms with Crippen molar-refractivity contribution in [2.24, 2.45) is 0 Å². The summed E-state index contributed by atoms with van der Waals surface area (Å²) in [6.07, 6.45) is 0. The van der Waals surface area contributed by atoms with Crippen LogP contribution in [-0.2, 0) is 0 Å². The van der Waals surface area contributed by atoms with Crippen LogP contribution in [0.1, 0.15) is 10.4 Å². The molecule has 0 aliphatic heterocycles. The standard InChI is InChI=1S/C9H9BrFNO/c10-5-6-12-9(13)7-3-1-2-4-8(7)11/h1-4H,5-6H2,(H,12,13). The lowest BCUT2D eigenvalue weighted by atomic mass is 10.2. The van der Waals surface area contributed by atoms with Crippen molar-refractivity contribution in [3.8, 4) is 0 Å². The van der Waals surface area contributed by atoms with Crippen LogP contribution in [0.4, 0.5) is 4.39 Å². The van der Waals surface area contributed by atoms with E-state index in [0.717, 1.165) is 0 Å². The maximum absolute atomic E-state index is 13.0. The molecule has 0 aliphatic carbocycles. The van der Waals surface area contributed by atoms with Gasteiger partial charge in [0.2, 0.25) is 0 Å². The Labute approximate surface area is 84.3 Å². The highest BCUT2D eigenvalue weighted by atomic mass is 79.9. The number of hydrogen-bond donors (Lipinski definition) is 1. The van der Waals surface area contributed by atoms with Gasteiger partial charge in [-0.3, -0.25) is 4.79 Å². The first-order valence-electron chi connectivity index (χ1n) is 3.84. The smallest absolute Gasteiger partial charge is 0.254 e. The zero-order valence-electron chi connectivity index (χ0n) is 6.89. The number of alkyl halides is 1. The summed E-state index contributed by atoms with van der Waals surface area (Å²) in [4.78, 5) is 11.3. The molecule has 0 fully saturated rings. The molecule has 0 heterocycles. The van der Waals surface area contributed by atoms with Crippen LogP contribution in [0.3, 0.4) is 0 Å². The molecule has 1 aromatic carbocycles. The number of carbonyl (C=O) groups is 1. The number of amides is 1. The van der Waals surface area contributed by atoms with E-state index in [1.165, 1.54) is 12.1 Å². The molecule has 0 aliphatic rings. The van der Waals surface area contributed by atoms with Crippen LogP contribution in [0, 0.1) is 5.82 Å². The molecule has 0 atom stereocenters. The molecule has 0 aromatic heterocycles. The summed E-state index contributed by atoms with van der Waals surface area (Å²) < 4.78 is 13.0. The van der Waals surface area contributed by atoms with Crippen molar-refractivity contribution in [2.45, 2.75) is 0 Å². The normalized spacial score (nSPS) is 9.69. The third-order valence-corrected chi connectivity index (χ3v) is 1.90. The first-order chi connectivity index (χ1) is 6.25. The Hall–Kier alpha value is -0.900. The van der Waals surface area contributed by atoms with E-state index in [1.807, 2.05) is 0 Å². The second-order valence-corrected chi connectivity index (χ2v) is 3.22. The van der Waals surface area contributed by atoms with Crippen molar-refractivity contribution in [1.82, 2.24) is 5.32 Å². The fourth-order valence-electron chi connectivity index (χ4n) is 0.901. The van der Waals surface area contributed by atoms with E-state index in [0.29, 0.717) is 11.9 Å². The molecule has 0 spiro atoms. The van der Waals surface area contributed by atoms with Gasteiger partial charge in [-0.25, -0.2) is 4.39 Å². The fraction of sp³-hybridized carbons (Fsp3) is 0.222. The summed E-state index contributed by atoms with van der Waals surface area (Å²) >= 11 is 3.16. The van der Waals surface area contributed by atoms with Crippen LogP contribution < -0.4 is 5.32 Å². The van der Waals surface area contributed by atoms with E-state index in [4.69, 9.17) is 0 Å². The molecule has 1 N–H and O–H groups in total. The molecule has 0 unspecified atom stereocenters. The number of nitrogens with one attached hydrogen (secondary N) is 1. The average molecular weight is 246 g/mol. The maximum Gasteiger partial charge on any atom is 0.254 e. The molecule has 1 amide bonds. The van der Waals surface area contributed by atoms with Crippen molar-refractivity contribution >= 4 is 21.8 Å². The van der Waals surface area contributed by atoms with Crippen LogP contribution >= 0.6 is 15.9 Å². The van der Waals surface area contributed by atoms with Crippen molar-refractivity contribution in [1.29, 1.82) is 0 Å². The molecule has 0 radical (unpaired) electrons. The van der Waals surface area contributed by atoms with Gasteiger partial charge in [-0.05, 0) is 12.1 Å². The maximum atomic E-state index is 13.0. The van der Waals surface area contributed by atoms with E-state index >= 15 is 0 Å². The highest BCUT2D eigenvalue weighted by Gasteiger charge is 2.08. The summed E-state index contributed by atoms with van der Waals surface area (Å²) in [6.45, 7) is 0.493. The monoisotopic (exact) mass is 245 g/mol. The number of halogens is 2. The van der Waals surface area contributed by atoms with Crippen LogP contribution in [-0.4, -0.2) is 17.8 Å². The summed E-state index contributed by atoms with van der Waals surface area (Å²) in [6, 6.07) is 5.91. The summed E-state index contributed by atoms with van der Waals surface area (Å²) in [5.74, 6) is -0.868. The van der Waals surface area contributed by atoms with Gasteiger partial charge in [0.05, 0.1) is 5.56 Å². The number of benzene rings is 1. The minimum absolute atomic E-state index is 0.0865. The number of rotatable bonds is 3. The van der Waals surface area contributed by atoms with Crippen molar-refractivity contribution in [3.63, 3.8) is 0 Å². The van der Waals surface area contributed by atoms with Gasteiger partial charge in [-0.15, -0.1) is 0 Å². The van der Waals surface area contributed by atoms with Gasteiger partial charge in [-0.2, -0.15) is 0 Å². The first-order valence-corrected chi connectivity index (χ1v) is 4.96. The third-order valence-electron chi connectivity index (χ3n) is 1.50. The zero-order valence-corrected chi connectivity index (χ0v) is 8.47. The Bertz CT molecular complexity index is 303. The molecule has 0 bridgehead atoms. The number of carbonyl (C=O) groups excluding carboxylic acids is 1. The summed E-state index contributed by atoms with van der Waals surface area (Å²) in [7, 11) is 0. The Kier molecular flexibility index (Phi) is 3.89. The van der Waals surface area contributed by atoms with Gasteiger partial charge in [-0.1, -0.05) is 28.1 Å².